The zero-order valence-corrected chi connectivity index (χ0v) is 12.7. The molecule has 0 aliphatic carbocycles. The number of hydrogen-bond donors (Lipinski definition) is 1. The molecule has 106 valence electrons. The third kappa shape index (κ3) is 3.06. The largest absolute Gasteiger partial charge is 0.296 e. The highest BCUT2D eigenvalue weighted by molar-refractivity contribution is 6.74. The highest BCUT2D eigenvalue weighted by atomic mass is 35.5. The maximum Gasteiger partial charge on any atom is 0.234 e. The van der Waals surface area contributed by atoms with Crippen LogP contribution >= 0.6 is 11.6 Å². The first-order chi connectivity index (χ1) is 9.54. The summed E-state index contributed by atoms with van der Waals surface area (Å²) in [6, 6.07) is 5.87. The summed E-state index contributed by atoms with van der Waals surface area (Å²) in [5.74, 6) is -0.740. The summed E-state index contributed by atoms with van der Waals surface area (Å²) >= 11 is 6.51. The second-order valence-electron chi connectivity index (χ2n) is 5.44. The number of piperidine rings is 1. The van der Waals surface area contributed by atoms with Gasteiger partial charge >= 0.3 is 0 Å². The Balaban J connectivity index is 2.31. The first kappa shape index (κ1) is 15.1. The lowest BCUT2D eigenvalue weighted by Gasteiger charge is -2.23. The first-order valence-electron chi connectivity index (χ1n) is 7.16. The SMILES string of the molecule is CCCB(C)c1cccc(C2CCC(=O)NC2=O)c1Cl. The highest BCUT2D eigenvalue weighted by Gasteiger charge is 2.30. The van der Waals surface area contributed by atoms with Gasteiger partial charge in [0, 0.05) is 11.4 Å². The molecule has 1 heterocycles. The molecule has 0 saturated carbocycles. The Kier molecular flexibility index (Phi) is 4.87. The second-order valence-corrected chi connectivity index (χ2v) is 5.82. The van der Waals surface area contributed by atoms with E-state index in [-0.39, 0.29) is 17.7 Å². The predicted octanol–water partition coefficient (Wildman–Crippen LogP) is 2.60. The Morgan fingerprint density at radius 2 is 2.15 bits per heavy atom. The average Bonchev–Trinajstić information content (AvgIpc) is 2.40. The molecule has 0 radical (unpaired) electrons. The van der Waals surface area contributed by atoms with E-state index in [4.69, 9.17) is 11.6 Å². The van der Waals surface area contributed by atoms with E-state index in [1.165, 1.54) is 0 Å². The van der Waals surface area contributed by atoms with Crippen molar-refractivity contribution in [3.05, 3.63) is 28.8 Å². The lowest BCUT2D eigenvalue weighted by molar-refractivity contribution is -0.134. The van der Waals surface area contributed by atoms with Gasteiger partial charge in [0.2, 0.25) is 11.8 Å². The number of hydrogen-bond acceptors (Lipinski definition) is 2. The molecule has 5 heteroatoms. The highest BCUT2D eigenvalue weighted by Crippen LogP contribution is 2.29. The van der Waals surface area contributed by atoms with Gasteiger partial charge in [-0.3, -0.25) is 14.9 Å². The number of halogens is 1. The molecule has 1 fully saturated rings. The number of carbonyl (C=O) groups excluding carboxylic acids is 2. The van der Waals surface area contributed by atoms with Crippen molar-refractivity contribution >= 4 is 35.6 Å². The van der Waals surface area contributed by atoms with E-state index >= 15 is 0 Å². The van der Waals surface area contributed by atoms with Crippen LogP contribution in [0.15, 0.2) is 18.2 Å². The van der Waals surface area contributed by atoms with Gasteiger partial charge in [0.1, 0.15) is 0 Å². The molecule has 1 unspecified atom stereocenters. The number of amides is 2. The Bertz CT molecular complexity index is 533. The molecule has 1 N–H and O–H groups in total. The van der Waals surface area contributed by atoms with Gasteiger partial charge in [0.25, 0.3) is 0 Å². The van der Waals surface area contributed by atoms with E-state index in [9.17, 15) is 9.59 Å². The lowest BCUT2D eigenvalue weighted by Crippen LogP contribution is -2.40. The van der Waals surface area contributed by atoms with Crippen LogP contribution in [0.25, 0.3) is 0 Å². The second kappa shape index (κ2) is 6.44. The predicted molar refractivity (Wildman–Crippen MR) is 82.9 cm³/mol. The van der Waals surface area contributed by atoms with Gasteiger partial charge in [-0.05, 0) is 12.0 Å². The fourth-order valence-electron chi connectivity index (χ4n) is 2.80. The van der Waals surface area contributed by atoms with E-state index in [1.54, 1.807) is 0 Å². The molecular weight excluding hydrogens is 272 g/mol. The Morgan fingerprint density at radius 1 is 1.40 bits per heavy atom. The summed E-state index contributed by atoms with van der Waals surface area (Å²) in [6.07, 6.45) is 3.08. The van der Waals surface area contributed by atoms with E-state index in [2.05, 4.69) is 19.1 Å². The third-order valence-corrected chi connectivity index (χ3v) is 4.36. The minimum Gasteiger partial charge on any atom is -0.296 e. The first-order valence-corrected chi connectivity index (χ1v) is 7.54. The van der Waals surface area contributed by atoms with Crippen molar-refractivity contribution in [2.75, 3.05) is 0 Å². The van der Waals surface area contributed by atoms with Crippen molar-refractivity contribution in [3.63, 3.8) is 0 Å². The van der Waals surface area contributed by atoms with E-state index in [0.29, 0.717) is 24.6 Å². The molecule has 0 bridgehead atoms. The third-order valence-electron chi connectivity index (χ3n) is 3.93. The van der Waals surface area contributed by atoms with Gasteiger partial charge < -0.3 is 0 Å². The molecule has 0 spiro atoms. The minimum absolute atomic E-state index is 0.196. The molecule has 2 amide bonds. The van der Waals surface area contributed by atoms with Crippen LogP contribution in [0.2, 0.25) is 18.2 Å². The zero-order chi connectivity index (χ0) is 14.7. The van der Waals surface area contributed by atoms with Crippen LogP contribution in [-0.4, -0.2) is 18.5 Å². The fraction of sp³-hybridized carbons (Fsp3) is 0.467. The molecular formula is C15H19BClNO2. The van der Waals surface area contributed by atoms with Crippen LogP contribution in [0, 0.1) is 0 Å². The monoisotopic (exact) mass is 291 g/mol. The maximum atomic E-state index is 12.0. The molecule has 1 aliphatic rings. The van der Waals surface area contributed by atoms with Crippen LogP contribution < -0.4 is 10.8 Å². The van der Waals surface area contributed by atoms with E-state index in [1.807, 2.05) is 18.2 Å². The van der Waals surface area contributed by atoms with Gasteiger partial charge in [-0.25, -0.2) is 0 Å². The normalized spacial score (nSPS) is 18.9. The topological polar surface area (TPSA) is 46.2 Å². The van der Waals surface area contributed by atoms with Crippen molar-refractivity contribution < 1.29 is 9.59 Å². The van der Waals surface area contributed by atoms with Gasteiger partial charge in [-0.1, -0.05) is 61.8 Å². The molecule has 1 saturated heterocycles. The Labute approximate surface area is 125 Å². The summed E-state index contributed by atoms with van der Waals surface area (Å²) in [5.41, 5.74) is 1.94. The van der Waals surface area contributed by atoms with Gasteiger partial charge in [-0.15, -0.1) is 0 Å². The van der Waals surface area contributed by atoms with Gasteiger partial charge in [0.05, 0.1) is 5.92 Å². The standard InChI is InChI=1S/C15H19BClNO2/c1-3-9-16(2)12-6-4-5-10(14(12)17)11-7-8-13(19)18-15(11)20/h4-6,11H,3,7-9H2,1-2H3,(H,18,19,20). The molecule has 20 heavy (non-hydrogen) atoms. The van der Waals surface area contributed by atoms with Gasteiger partial charge in [-0.2, -0.15) is 0 Å². The van der Waals surface area contributed by atoms with Crippen molar-refractivity contribution in [2.45, 2.75) is 45.2 Å². The number of carbonyl (C=O) groups is 2. The molecule has 1 aromatic carbocycles. The smallest absolute Gasteiger partial charge is 0.234 e. The molecule has 0 aromatic heterocycles. The lowest BCUT2D eigenvalue weighted by atomic mass is 9.44. The van der Waals surface area contributed by atoms with Crippen LogP contribution in [0.5, 0.6) is 0 Å². The van der Waals surface area contributed by atoms with Crippen LogP contribution in [-0.2, 0) is 9.59 Å². The van der Waals surface area contributed by atoms with Crippen LogP contribution in [0.4, 0.5) is 0 Å². The minimum atomic E-state index is -0.311. The van der Waals surface area contributed by atoms with Crippen LogP contribution in [0.3, 0.4) is 0 Å². The summed E-state index contributed by atoms with van der Waals surface area (Å²) in [6.45, 7) is 4.67. The molecule has 3 nitrogen and oxygen atoms in total. The van der Waals surface area contributed by atoms with Crippen molar-refractivity contribution in [1.82, 2.24) is 5.32 Å². The van der Waals surface area contributed by atoms with E-state index in [0.717, 1.165) is 23.8 Å². The fourth-order valence-corrected chi connectivity index (χ4v) is 3.24. The maximum absolute atomic E-state index is 12.0. The molecule has 1 atom stereocenters. The quantitative estimate of drug-likeness (QED) is 0.684. The number of imide groups is 1. The summed E-state index contributed by atoms with van der Waals surface area (Å²) in [7, 11) is 0. The summed E-state index contributed by atoms with van der Waals surface area (Å²) < 4.78 is 0. The number of rotatable bonds is 4. The average molecular weight is 292 g/mol. The van der Waals surface area contributed by atoms with E-state index < -0.39 is 0 Å². The summed E-state index contributed by atoms with van der Waals surface area (Å²) in [4.78, 5) is 23.2. The molecule has 1 aromatic rings. The van der Waals surface area contributed by atoms with Gasteiger partial charge in [0.15, 0.2) is 6.71 Å². The molecule has 1 aliphatic heterocycles. The molecule has 2 rings (SSSR count). The Hall–Kier alpha value is -1.29. The van der Waals surface area contributed by atoms with Crippen LogP contribution in [0.1, 0.15) is 37.7 Å². The van der Waals surface area contributed by atoms with Crippen molar-refractivity contribution in [1.29, 1.82) is 0 Å². The Morgan fingerprint density at radius 3 is 2.80 bits per heavy atom. The van der Waals surface area contributed by atoms with Crippen molar-refractivity contribution in [3.8, 4) is 0 Å². The zero-order valence-electron chi connectivity index (χ0n) is 11.9. The number of nitrogens with one attached hydrogen (secondary N) is 1. The van der Waals surface area contributed by atoms with Crippen molar-refractivity contribution in [2.24, 2.45) is 0 Å². The summed E-state index contributed by atoms with van der Waals surface area (Å²) in [5, 5.41) is 3.08. The number of benzene rings is 1.